The van der Waals surface area contributed by atoms with Crippen LogP contribution in [-0.4, -0.2) is 17.3 Å². The van der Waals surface area contributed by atoms with E-state index in [4.69, 9.17) is 21.4 Å². The molecule has 3 aromatic carbocycles. The zero-order valence-electron chi connectivity index (χ0n) is 15.7. The van der Waals surface area contributed by atoms with Crippen LogP contribution in [0.3, 0.4) is 0 Å². The molecule has 0 unspecified atom stereocenters. The lowest BCUT2D eigenvalue weighted by Crippen LogP contribution is -2.07. The van der Waals surface area contributed by atoms with Crippen LogP contribution in [0.4, 0.5) is 13.2 Å². The van der Waals surface area contributed by atoms with Gasteiger partial charge in [0.2, 0.25) is 0 Å². The molecule has 3 aromatic rings. The molecule has 0 saturated heterocycles. The van der Waals surface area contributed by atoms with E-state index in [0.29, 0.717) is 33.7 Å². The molecular formula is C23H18ClF3O3. The molecule has 0 bridgehead atoms. The second-order valence-electron chi connectivity index (χ2n) is 6.71. The minimum atomic E-state index is -4.37. The zero-order valence-corrected chi connectivity index (χ0v) is 16.5. The van der Waals surface area contributed by atoms with Crippen molar-refractivity contribution in [1.82, 2.24) is 0 Å². The molecule has 0 aliphatic rings. The maximum atomic E-state index is 12.6. The lowest BCUT2D eigenvalue weighted by molar-refractivity contribution is -0.134. The Morgan fingerprint density at radius 2 is 1.80 bits per heavy atom. The van der Waals surface area contributed by atoms with Crippen LogP contribution in [0.25, 0.3) is 16.3 Å². The van der Waals surface area contributed by atoms with Gasteiger partial charge in [0.1, 0.15) is 12.4 Å². The molecule has 0 aromatic heterocycles. The largest absolute Gasteiger partial charge is 0.487 e. The van der Waals surface area contributed by atoms with Crippen molar-refractivity contribution in [1.29, 1.82) is 0 Å². The number of carbonyl (C=O) groups is 1. The number of ether oxygens (including phenoxy) is 1. The molecule has 0 atom stereocenters. The van der Waals surface area contributed by atoms with E-state index in [1.165, 1.54) is 0 Å². The Balaban J connectivity index is 1.87. The number of carboxylic acid groups (broad SMARTS) is 1. The number of rotatable bonds is 7. The first-order valence-electron chi connectivity index (χ1n) is 9.12. The fourth-order valence-corrected chi connectivity index (χ4v) is 3.33. The van der Waals surface area contributed by atoms with Crippen LogP contribution in [0.2, 0.25) is 5.02 Å². The topological polar surface area (TPSA) is 46.5 Å². The van der Waals surface area contributed by atoms with Crippen molar-refractivity contribution in [3.63, 3.8) is 0 Å². The molecule has 0 aliphatic carbocycles. The molecule has 0 radical (unpaired) electrons. The summed E-state index contributed by atoms with van der Waals surface area (Å²) in [6.45, 7) is 0.340. The van der Waals surface area contributed by atoms with Crippen LogP contribution in [0, 0.1) is 0 Å². The summed E-state index contributed by atoms with van der Waals surface area (Å²) in [5.74, 6) is -0.811. The van der Waals surface area contributed by atoms with Gasteiger partial charge in [-0.05, 0) is 40.6 Å². The quantitative estimate of drug-likeness (QED) is 0.412. The van der Waals surface area contributed by atoms with E-state index in [0.717, 1.165) is 11.6 Å². The average molecular weight is 435 g/mol. The lowest BCUT2D eigenvalue weighted by atomic mass is 9.97. The van der Waals surface area contributed by atoms with Crippen LogP contribution in [0.1, 0.15) is 24.0 Å². The first kappa shape index (κ1) is 21.7. The van der Waals surface area contributed by atoms with Gasteiger partial charge in [0.15, 0.2) is 0 Å². The number of carboxylic acids is 1. The van der Waals surface area contributed by atoms with Crippen LogP contribution in [0.5, 0.6) is 5.75 Å². The van der Waals surface area contributed by atoms with Gasteiger partial charge in [-0.3, -0.25) is 0 Å². The summed E-state index contributed by atoms with van der Waals surface area (Å²) < 4.78 is 43.6. The van der Waals surface area contributed by atoms with Gasteiger partial charge in [0, 0.05) is 17.9 Å². The Kier molecular flexibility index (Phi) is 6.67. The van der Waals surface area contributed by atoms with E-state index in [-0.39, 0.29) is 5.57 Å². The van der Waals surface area contributed by atoms with Crippen LogP contribution < -0.4 is 4.74 Å². The van der Waals surface area contributed by atoms with Gasteiger partial charge in [-0.15, -0.1) is 0 Å². The fraction of sp³-hybridized carbons (Fsp3) is 0.174. The van der Waals surface area contributed by atoms with E-state index in [1.54, 1.807) is 30.3 Å². The summed E-state index contributed by atoms with van der Waals surface area (Å²) in [6, 6.07) is 17.9. The van der Waals surface area contributed by atoms with Gasteiger partial charge in [-0.1, -0.05) is 60.1 Å². The number of alkyl halides is 3. The van der Waals surface area contributed by atoms with Crippen molar-refractivity contribution in [2.24, 2.45) is 0 Å². The Morgan fingerprint density at radius 1 is 1.07 bits per heavy atom. The summed E-state index contributed by atoms with van der Waals surface area (Å²) in [7, 11) is 0. The fourth-order valence-electron chi connectivity index (χ4n) is 3.04. The van der Waals surface area contributed by atoms with Crippen molar-refractivity contribution >= 4 is 33.9 Å². The minimum absolute atomic E-state index is 0.0993. The number of aliphatic carboxylic acids is 1. The first-order chi connectivity index (χ1) is 14.2. The van der Waals surface area contributed by atoms with Crippen molar-refractivity contribution in [2.45, 2.75) is 25.6 Å². The molecular weight excluding hydrogens is 417 g/mol. The number of allylic oxidation sites excluding steroid dienone is 1. The van der Waals surface area contributed by atoms with E-state index in [1.807, 2.05) is 30.3 Å². The Morgan fingerprint density at radius 3 is 2.47 bits per heavy atom. The third-order valence-corrected chi connectivity index (χ3v) is 4.89. The van der Waals surface area contributed by atoms with Crippen LogP contribution in [0.15, 0.2) is 66.7 Å². The zero-order chi connectivity index (χ0) is 21.7. The van der Waals surface area contributed by atoms with Gasteiger partial charge in [-0.2, -0.15) is 13.2 Å². The highest BCUT2D eigenvalue weighted by molar-refractivity contribution is 6.37. The maximum Gasteiger partial charge on any atom is 0.389 e. The van der Waals surface area contributed by atoms with E-state index >= 15 is 0 Å². The summed E-state index contributed by atoms with van der Waals surface area (Å²) in [4.78, 5) is 11.1. The highest BCUT2D eigenvalue weighted by Gasteiger charge is 2.27. The highest BCUT2D eigenvalue weighted by Crippen LogP contribution is 2.36. The SMILES string of the molecule is O=C(O)/C=C(\CCC(F)(F)F)c1ccc2c(Cl)c(OCc3ccccc3)ccc2c1. The third kappa shape index (κ3) is 5.76. The Hall–Kier alpha value is -2.99. The van der Waals surface area contributed by atoms with Gasteiger partial charge in [-0.25, -0.2) is 4.79 Å². The summed E-state index contributed by atoms with van der Waals surface area (Å²) in [6.07, 6.45) is -5.08. The average Bonchev–Trinajstić information content (AvgIpc) is 2.70. The highest BCUT2D eigenvalue weighted by atomic mass is 35.5. The predicted octanol–water partition coefficient (Wildman–Crippen LogP) is 6.88. The molecule has 30 heavy (non-hydrogen) atoms. The Bertz CT molecular complexity index is 1080. The molecule has 0 saturated carbocycles. The van der Waals surface area contributed by atoms with Crippen molar-refractivity contribution in [2.75, 3.05) is 0 Å². The van der Waals surface area contributed by atoms with Crippen LogP contribution >= 0.6 is 11.6 Å². The number of benzene rings is 3. The van der Waals surface area contributed by atoms with E-state index < -0.39 is 25.0 Å². The third-order valence-electron chi connectivity index (χ3n) is 4.50. The summed E-state index contributed by atoms with van der Waals surface area (Å²) >= 11 is 6.46. The standard InChI is InChI=1S/C23H18ClF3O3/c24-22-19-8-6-16(17(13-21(28)29)10-11-23(25,26)27)12-18(19)7-9-20(22)30-14-15-4-2-1-3-5-15/h1-9,12-13H,10-11,14H2,(H,28,29)/b17-13+. The number of hydrogen-bond donors (Lipinski definition) is 1. The number of hydrogen-bond acceptors (Lipinski definition) is 2. The molecule has 0 heterocycles. The first-order valence-corrected chi connectivity index (χ1v) is 9.50. The van der Waals surface area contributed by atoms with Gasteiger partial charge in [0.05, 0.1) is 5.02 Å². The lowest BCUT2D eigenvalue weighted by Gasteiger charge is -2.13. The molecule has 1 N–H and O–H groups in total. The molecule has 0 aliphatic heterocycles. The van der Waals surface area contributed by atoms with Gasteiger partial charge >= 0.3 is 12.1 Å². The van der Waals surface area contributed by atoms with Gasteiger partial charge < -0.3 is 9.84 Å². The molecule has 3 rings (SSSR count). The summed E-state index contributed by atoms with van der Waals surface area (Å²) in [5, 5.41) is 10.7. The molecule has 7 heteroatoms. The Labute approximate surface area is 176 Å². The van der Waals surface area contributed by atoms with Gasteiger partial charge in [0.25, 0.3) is 0 Å². The minimum Gasteiger partial charge on any atom is -0.487 e. The van der Waals surface area contributed by atoms with Crippen molar-refractivity contribution < 1.29 is 27.8 Å². The molecule has 156 valence electrons. The molecule has 0 amide bonds. The maximum absolute atomic E-state index is 12.6. The molecule has 0 fully saturated rings. The van der Waals surface area contributed by atoms with Crippen molar-refractivity contribution in [3.8, 4) is 5.75 Å². The molecule has 3 nitrogen and oxygen atoms in total. The monoisotopic (exact) mass is 434 g/mol. The summed E-state index contributed by atoms with van der Waals surface area (Å²) in [5.41, 5.74) is 1.49. The number of halogens is 4. The van der Waals surface area contributed by atoms with Crippen molar-refractivity contribution in [3.05, 3.63) is 82.9 Å². The van der Waals surface area contributed by atoms with E-state index in [9.17, 15) is 18.0 Å². The molecule has 0 spiro atoms. The van der Waals surface area contributed by atoms with Crippen LogP contribution in [-0.2, 0) is 11.4 Å². The second kappa shape index (κ2) is 9.22. The normalized spacial score (nSPS) is 12.2. The van der Waals surface area contributed by atoms with E-state index in [2.05, 4.69) is 0 Å². The number of fused-ring (bicyclic) bond motifs is 1. The smallest absolute Gasteiger partial charge is 0.389 e. The predicted molar refractivity (Wildman–Crippen MR) is 111 cm³/mol. The second-order valence-corrected chi connectivity index (χ2v) is 7.09.